The first-order valence-corrected chi connectivity index (χ1v) is 38.8. The Hall–Kier alpha value is -1.21. The summed E-state index contributed by atoms with van der Waals surface area (Å²) in [6.45, 7) is 9.07. The summed E-state index contributed by atoms with van der Waals surface area (Å²) in [6, 6.07) is 19.6. The number of rotatable bonds is 54. The fourth-order valence-corrected chi connectivity index (χ4v) is 14.3. The van der Waals surface area contributed by atoms with Gasteiger partial charge < -0.3 is 9.11 Å². The van der Waals surface area contributed by atoms with Gasteiger partial charge in [0.1, 0.15) is 20.2 Å². The van der Waals surface area contributed by atoms with Crippen LogP contribution in [0.4, 0.5) is 0 Å². The number of unbranched alkanes of at least 4 members (excludes halogenated alkanes) is 44. The molecular weight excluding hydrogens is 1210 g/mol. The first-order chi connectivity index (χ1) is 40.9. The van der Waals surface area contributed by atoms with Crippen LogP contribution >= 0.6 is 0 Å². The van der Waals surface area contributed by atoms with Crippen molar-refractivity contribution in [3.63, 3.8) is 0 Å². The zero-order chi connectivity index (χ0) is 60.6. The number of hydrogen-bond acceptors (Lipinski definition) is 6. The van der Waals surface area contributed by atoms with Gasteiger partial charge in [0.2, 0.25) is 0 Å². The normalized spacial score (nSPS) is 11.8. The Bertz CT molecular complexity index is 2300. The van der Waals surface area contributed by atoms with Crippen molar-refractivity contribution in [3.8, 4) is 0 Å². The molecule has 0 radical (unpaired) electrons. The average Bonchev–Trinajstić information content (AvgIpc) is 2.42. The number of aryl methyl sites for hydroxylation is 4. The van der Waals surface area contributed by atoms with E-state index in [0.29, 0.717) is 24.0 Å². The second-order valence-corrected chi connectivity index (χ2v) is 28.4. The van der Waals surface area contributed by atoms with Crippen LogP contribution in [0, 0.1) is 0 Å². The van der Waals surface area contributed by atoms with Crippen LogP contribution in [0.5, 0.6) is 0 Å². The molecule has 0 saturated carbocycles. The Kier molecular flexibility index (Phi) is 49.3. The van der Waals surface area contributed by atoms with Gasteiger partial charge in [0.05, 0.1) is 9.79 Å². The molecule has 4 aromatic rings. The molecule has 85 heavy (non-hydrogen) atoms. The molecule has 0 aromatic heterocycles. The molecular formula is C76H126BaO6S2. The predicted octanol–water partition coefficient (Wildman–Crippen LogP) is 24.1. The molecule has 0 bridgehead atoms. The number of benzene rings is 4. The molecule has 0 spiro atoms. The fourth-order valence-electron chi connectivity index (χ4n) is 12.7. The van der Waals surface area contributed by atoms with Crippen LogP contribution in [0.15, 0.2) is 70.5 Å². The molecule has 0 aliphatic heterocycles. The molecule has 0 heterocycles. The fraction of sp³-hybridized carbons (Fsp3) is 0.737. The summed E-state index contributed by atoms with van der Waals surface area (Å²) in [5.74, 6) is 0. The van der Waals surface area contributed by atoms with E-state index >= 15 is 0 Å². The van der Waals surface area contributed by atoms with E-state index in [4.69, 9.17) is 0 Å². The Balaban J connectivity index is 0.000000573. The van der Waals surface area contributed by atoms with Crippen LogP contribution in [0.2, 0.25) is 0 Å². The third-order valence-corrected chi connectivity index (χ3v) is 19.9. The molecule has 9 heteroatoms. The van der Waals surface area contributed by atoms with E-state index < -0.39 is 20.2 Å². The molecule has 0 N–H and O–H groups in total. The Morgan fingerprint density at radius 1 is 0.259 bits per heavy atom. The molecule has 0 fully saturated rings. The van der Waals surface area contributed by atoms with Gasteiger partial charge in [0.15, 0.2) is 0 Å². The van der Waals surface area contributed by atoms with Crippen molar-refractivity contribution < 1.29 is 25.9 Å². The van der Waals surface area contributed by atoms with Crippen molar-refractivity contribution >= 4 is 90.7 Å². The van der Waals surface area contributed by atoms with Gasteiger partial charge >= 0.3 is 48.9 Å². The maximum absolute atomic E-state index is 12.1. The summed E-state index contributed by atoms with van der Waals surface area (Å²) in [7, 11) is -8.99. The monoisotopic (exact) mass is 1340 g/mol. The molecule has 0 saturated heterocycles. The summed E-state index contributed by atoms with van der Waals surface area (Å²) in [6.07, 6.45) is 66.0. The van der Waals surface area contributed by atoms with Gasteiger partial charge in [0.25, 0.3) is 0 Å². The van der Waals surface area contributed by atoms with Gasteiger partial charge in [-0.25, -0.2) is 16.8 Å². The van der Waals surface area contributed by atoms with E-state index in [9.17, 15) is 25.9 Å². The van der Waals surface area contributed by atoms with Crippen molar-refractivity contribution in [1.29, 1.82) is 0 Å². The zero-order valence-corrected chi connectivity index (χ0v) is 61.6. The summed E-state index contributed by atoms with van der Waals surface area (Å²) in [5, 5.41) is 4.00. The zero-order valence-electron chi connectivity index (χ0n) is 55.5. The minimum absolute atomic E-state index is 0. The topological polar surface area (TPSA) is 114 Å². The summed E-state index contributed by atoms with van der Waals surface area (Å²) < 4.78 is 72.9. The third-order valence-electron chi connectivity index (χ3n) is 18.0. The first kappa shape index (κ1) is 79.9. The van der Waals surface area contributed by atoms with Crippen LogP contribution in [-0.2, 0) is 45.9 Å². The van der Waals surface area contributed by atoms with Gasteiger partial charge in [-0.1, -0.05) is 347 Å². The van der Waals surface area contributed by atoms with Crippen LogP contribution in [0.3, 0.4) is 0 Å². The van der Waals surface area contributed by atoms with Gasteiger partial charge in [-0.05, 0) is 119 Å². The first-order valence-electron chi connectivity index (χ1n) is 35.9. The quantitative estimate of drug-likeness (QED) is 0.0247. The van der Waals surface area contributed by atoms with Crippen LogP contribution in [-0.4, -0.2) is 74.8 Å². The van der Waals surface area contributed by atoms with E-state index in [1.165, 1.54) is 281 Å². The van der Waals surface area contributed by atoms with Crippen LogP contribution in [0.25, 0.3) is 21.5 Å². The second-order valence-electron chi connectivity index (χ2n) is 25.7. The van der Waals surface area contributed by atoms with Crippen molar-refractivity contribution in [2.24, 2.45) is 0 Å². The average molecular weight is 1340 g/mol. The minimum atomic E-state index is -4.49. The molecule has 4 rings (SSSR count). The second kappa shape index (κ2) is 52.4. The van der Waals surface area contributed by atoms with E-state index in [-0.39, 0.29) is 58.7 Å². The van der Waals surface area contributed by atoms with E-state index in [0.717, 1.165) is 72.9 Å². The molecule has 480 valence electrons. The van der Waals surface area contributed by atoms with E-state index in [1.54, 1.807) is 12.1 Å². The predicted molar refractivity (Wildman–Crippen MR) is 369 cm³/mol. The minimum Gasteiger partial charge on any atom is -0.744 e. The van der Waals surface area contributed by atoms with Gasteiger partial charge in [-0.3, -0.25) is 0 Å². The molecule has 0 unspecified atom stereocenters. The van der Waals surface area contributed by atoms with Gasteiger partial charge in [0, 0.05) is 0 Å². The SMILES string of the molecule is CCCCCCCCCCCCCCc1cc2c(CCCCCCCCCCCCCC)cccc2cc1S(=O)(=O)[O-].CCCCCCCCCCCCCCc1cc2c(CCCCCCCCCCCCCC)cccc2cc1S(=O)(=O)[O-].[Ba+2]. The summed E-state index contributed by atoms with van der Waals surface area (Å²) in [4.78, 5) is -0.0267. The maximum atomic E-state index is 12.1. The van der Waals surface area contributed by atoms with Crippen molar-refractivity contribution in [2.45, 2.75) is 371 Å². The summed E-state index contributed by atoms with van der Waals surface area (Å²) >= 11 is 0. The maximum Gasteiger partial charge on any atom is 2.00 e. The van der Waals surface area contributed by atoms with E-state index in [2.05, 4.69) is 39.8 Å². The summed E-state index contributed by atoms with van der Waals surface area (Å²) in [5.41, 5.74) is 3.99. The Morgan fingerprint density at radius 2 is 0.447 bits per heavy atom. The standard InChI is InChI=1S/2C38H64O3S.Ba/c2*1-3-5-7-9-11-13-15-17-19-21-23-25-28-34-30-27-31-35-33-38(42(39,40)41)36(32-37(34)35)29-26-24-22-20-18-16-14-12-10-8-6-4-2;/h2*27,30-33H,3-26,28-29H2,1-2H3,(H,39,40,41);/q;;+2/p-2. The Morgan fingerprint density at radius 3 is 0.647 bits per heavy atom. The van der Waals surface area contributed by atoms with Gasteiger partial charge in [-0.2, -0.15) is 0 Å². The third kappa shape index (κ3) is 38.3. The van der Waals surface area contributed by atoms with Crippen molar-refractivity contribution in [3.05, 3.63) is 82.9 Å². The van der Waals surface area contributed by atoms with E-state index in [1.807, 2.05) is 36.4 Å². The van der Waals surface area contributed by atoms with Crippen LogP contribution < -0.4 is 0 Å². The molecule has 0 amide bonds. The molecule has 0 atom stereocenters. The molecule has 4 aromatic carbocycles. The Labute approximate surface area is 565 Å². The van der Waals surface area contributed by atoms with Crippen LogP contribution in [0.1, 0.15) is 358 Å². The molecule has 6 nitrogen and oxygen atoms in total. The number of fused-ring (bicyclic) bond motifs is 2. The molecule has 0 aliphatic carbocycles. The smallest absolute Gasteiger partial charge is 0.744 e. The van der Waals surface area contributed by atoms with Crippen molar-refractivity contribution in [1.82, 2.24) is 0 Å². The number of hydrogen-bond donors (Lipinski definition) is 0. The van der Waals surface area contributed by atoms with Gasteiger partial charge in [-0.15, -0.1) is 0 Å². The van der Waals surface area contributed by atoms with Crippen molar-refractivity contribution in [2.75, 3.05) is 0 Å². The largest absolute Gasteiger partial charge is 2.00 e. The molecule has 0 aliphatic rings.